The molecule has 0 spiro atoms. The molecule has 122 valence electrons. The minimum absolute atomic E-state index is 0.0103. The summed E-state index contributed by atoms with van der Waals surface area (Å²) >= 11 is 1.47. The molecule has 0 unspecified atom stereocenters. The van der Waals surface area contributed by atoms with Gasteiger partial charge in [0.2, 0.25) is 10.9 Å². The Bertz CT molecular complexity index is 939. The summed E-state index contributed by atoms with van der Waals surface area (Å²) in [5.74, 6) is -0.0103. The maximum Gasteiger partial charge on any atom is 0.220 e. The Kier molecular flexibility index (Phi) is 3.73. The highest BCUT2D eigenvalue weighted by Crippen LogP contribution is 2.15. The van der Waals surface area contributed by atoms with E-state index in [0.29, 0.717) is 12.8 Å². The highest BCUT2D eigenvalue weighted by atomic mass is 32.1. The van der Waals surface area contributed by atoms with Crippen LogP contribution in [0.4, 0.5) is 0 Å². The molecule has 1 atom stereocenters. The van der Waals surface area contributed by atoms with Gasteiger partial charge in [-0.3, -0.25) is 4.79 Å². The molecule has 1 amide bonds. The Morgan fingerprint density at radius 1 is 1.33 bits per heavy atom. The Hall–Kier alpha value is -2.74. The molecule has 0 aliphatic rings. The van der Waals surface area contributed by atoms with E-state index in [0.717, 1.165) is 22.0 Å². The van der Waals surface area contributed by atoms with Gasteiger partial charge < -0.3 is 9.72 Å². The number of carbonyl (C=O) groups is 1. The van der Waals surface area contributed by atoms with Gasteiger partial charge in [-0.05, 0) is 25.5 Å². The number of amides is 1. The van der Waals surface area contributed by atoms with Crippen molar-refractivity contribution < 1.29 is 4.79 Å². The van der Waals surface area contributed by atoms with E-state index < -0.39 is 0 Å². The first-order valence-corrected chi connectivity index (χ1v) is 8.58. The van der Waals surface area contributed by atoms with Crippen LogP contribution in [0.1, 0.15) is 30.8 Å². The SMILES string of the molecule is C[C@H](NC(=O)CCc1cn2ccccc2n1)c1cn2ncsc2n1. The molecule has 0 aromatic carbocycles. The number of pyridine rings is 1. The number of aryl methyl sites for hydroxylation is 1. The lowest BCUT2D eigenvalue weighted by Gasteiger charge is -2.10. The number of hydrogen-bond acceptors (Lipinski definition) is 5. The van der Waals surface area contributed by atoms with Gasteiger partial charge in [-0.1, -0.05) is 17.4 Å². The van der Waals surface area contributed by atoms with E-state index in [1.54, 1.807) is 10.0 Å². The van der Waals surface area contributed by atoms with E-state index in [-0.39, 0.29) is 11.9 Å². The topological polar surface area (TPSA) is 76.6 Å². The van der Waals surface area contributed by atoms with Gasteiger partial charge >= 0.3 is 0 Å². The van der Waals surface area contributed by atoms with Crippen molar-refractivity contribution in [3.63, 3.8) is 0 Å². The molecule has 7 nitrogen and oxygen atoms in total. The second-order valence-electron chi connectivity index (χ2n) is 5.62. The Balaban J connectivity index is 1.36. The number of rotatable bonds is 5. The van der Waals surface area contributed by atoms with Gasteiger partial charge in [0.25, 0.3) is 0 Å². The normalized spacial score (nSPS) is 12.7. The Morgan fingerprint density at radius 3 is 3.08 bits per heavy atom. The van der Waals surface area contributed by atoms with Crippen LogP contribution in [0.25, 0.3) is 10.6 Å². The van der Waals surface area contributed by atoms with Crippen LogP contribution in [0, 0.1) is 0 Å². The van der Waals surface area contributed by atoms with Crippen LogP contribution in [0.5, 0.6) is 0 Å². The van der Waals surface area contributed by atoms with Crippen LogP contribution in [-0.2, 0) is 11.2 Å². The van der Waals surface area contributed by atoms with Gasteiger partial charge in [0.05, 0.1) is 23.6 Å². The second kappa shape index (κ2) is 6.04. The fraction of sp³-hybridized carbons (Fsp3) is 0.250. The molecule has 4 aromatic rings. The summed E-state index contributed by atoms with van der Waals surface area (Å²) in [6.07, 6.45) is 6.77. The molecule has 0 radical (unpaired) electrons. The highest BCUT2D eigenvalue weighted by molar-refractivity contribution is 7.14. The third-order valence-electron chi connectivity index (χ3n) is 3.85. The summed E-state index contributed by atoms with van der Waals surface area (Å²) in [6.45, 7) is 1.93. The van der Waals surface area contributed by atoms with Crippen LogP contribution in [0.2, 0.25) is 0 Å². The molecular weight excluding hydrogens is 324 g/mol. The van der Waals surface area contributed by atoms with Gasteiger partial charge in [-0.15, -0.1) is 0 Å². The maximum absolute atomic E-state index is 12.2. The summed E-state index contributed by atoms with van der Waals surface area (Å²) in [5, 5.41) is 7.13. The molecule has 4 heterocycles. The molecule has 1 N–H and O–H groups in total. The lowest BCUT2D eigenvalue weighted by atomic mass is 10.2. The first-order chi connectivity index (χ1) is 11.7. The van der Waals surface area contributed by atoms with Crippen LogP contribution >= 0.6 is 11.3 Å². The first kappa shape index (κ1) is 14.8. The molecule has 24 heavy (non-hydrogen) atoms. The Labute approximate surface area is 142 Å². The second-order valence-corrected chi connectivity index (χ2v) is 6.43. The summed E-state index contributed by atoms with van der Waals surface area (Å²) in [6, 6.07) is 5.71. The largest absolute Gasteiger partial charge is 0.348 e. The molecule has 0 saturated carbocycles. The smallest absolute Gasteiger partial charge is 0.220 e. The van der Waals surface area contributed by atoms with Gasteiger partial charge in [0.1, 0.15) is 11.2 Å². The van der Waals surface area contributed by atoms with Crippen LogP contribution < -0.4 is 5.32 Å². The van der Waals surface area contributed by atoms with Crippen LogP contribution in [0.15, 0.2) is 42.3 Å². The minimum Gasteiger partial charge on any atom is -0.348 e. The number of nitrogens with one attached hydrogen (secondary N) is 1. The molecule has 4 rings (SSSR count). The molecule has 0 aliphatic heterocycles. The monoisotopic (exact) mass is 340 g/mol. The van der Waals surface area contributed by atoms with E-state index in [2.05, 4.69) is 20.4 Å². The summed E-state index contributed by atoms with van der Waals surface area (Å²) in [4.78, 5) is 22.0. The van der Waals surface area contributed by atoms with Crippen LogP contribution in [-0.4, -0.2) is 29.9 Å². The number of hydrogen-bond donors (Lipinski definition) is 1. The first-order valence-electron chi connectivity index (χ1n) is 7.70. The highest BCUT2D eigenvalue weighted by Gasteiger charge is 2.14. The van der Waals surface area contributed by atoms with Crippen molar-refractivity contribution in [1.82, 2.24) is 29.3 Å². The zero-order valence-corrected chi connectivity index (χ0v) is 13.9. The third kappa shape index (κ3) is 2.88. The quantitative estimate of drug-likeness (QED) is 0.604. The number of imidazole rings is 2. The number of carbonyl (C=O) groups excluding carboxylic acids is 1. The average Bonchev–Trinajstić information content (AvgIpc) is 3.26. The van der Waals surface area contributed by atoms with Crippen molar-refractivity contribution in [3.8, 4) is 0 Å². The molecule has 8 heteroatoms. The fourth-order valence-corrected chi connectivity index (χ4v) is 3.21. The standard InChI is InChI=1S/C16H16N6OS/c1-11(13-9-22-16(20-13)24-10-17-22)18-15(23)6-5-12-8-21-7-3-2-4-14(21)19-12/h2-4,7-11H,5-6H2,1H3,(H,18,23)/t11-/m0/s1. The molecule has 0 aliphatic carbocycles. The van der Waals surface area contributed by atoms with Gasteiger partial charge in [-0.2, -0.15) is 5.10 Å². The fourth-order valence-electron chi connectivity index (χ4n) is 2.60. The minimum atomic E-state index is -0.146. The predicted octanol–water partition coefficient (Wildman–Crippen LogP) is 2.25. The number of fused-ring (bicyclic) bond motifs is 2. The van der Waals surface area contributed by atoms with Crippen molar-refractivity contribution in [1.29, 1.82) is 0 Å². The van der Waals surface area contributed by atoms with Crippen molar-refractivity contribution in [3.05, 3.63) is 53.7 Å². The van der Waals surface area contributed by atoms with E-state index in [4.69, 9.17) is 0 Å². The molecular formula is C16H16N6OS. The van der Waals surface area contributed by atoms with E-state index >= 15 is 0 Å². The zero-order valence-electron chi connectivity index (χ0n) is 13.1. The number of nitrogens with zero attached hydrogens (tertiary/aromatic N) is 5. The van der Waals surface area contributed by atoms with E-state index in [1.165, 1.54) is 11.3 Å². The molecule has 0 saturated heterocycles. The number of aromatic nitrogens is 5. The predicted molar refractivity (Wildman–Crippen MR) is 90.9 cm³/mol. The summed E-state index contributed by atoms with van der Waals surface area (Å²) in [5.41, 5.74) is 4.36. The van der Waals surface area contributed by atoms with Gasteiger partial charge in [0, 0.05) is 18.8 Å². The van der Waals surface area contributed by atoms with E-state index in [9.17, 15) is 4.79 Å². The van der Waals surface area contributed by atoms with Crippen molar-refractivity contribution in [2.75, 3.05) is 0 Å². The van der Waals surface area contributed by atoms with E-state index in [1.807, 2.05) is 48.1 Å². The molecule has 0 bridgehead atoms. The molecule has 4 aromatic heterocycles. The molecule has 0 fully saturated rings. The van der Waals surface area contributed by atoms with Gasteiger partial charge in [-0.25, -0.2) is 14.5 Å². The van der Waals surface area contributed by atoms with Crippen molar-refractivity contribution in [2.24, 2.45) is 0 Å². The van der Waals surface area contributed by atoms with Crippen molar-refractivity contribution >= 4 is 27.9 Å². The zero-order chi connectivity index (χ0) is 16.5. The van der Waals surface area contributed by atoms with Gasteiger partial charge in [0.15, 0.2) is 0 Å². The summed E-state index contributed by atoms with van der Waals surface area (Å²) in [7, 11) is 0. The Morgan fingerprint density at radius 2 is 2.25 bits per heavy atom. The van der Waals surface area contributed by atoms with Crippen LogP contribution in [0.3, 0.4) is 0 Å². The average molecular weight is 340 g/mol. The lowest BCUT2D eigenvalue weighted by molar-refractivity contribution is -0.121. The lowest BCUT2D eigenvalue weighted by Crippen LogP contribution is -2.27. The summed E-state index contributed by atoms with van der Waals surface area (Å²) < 4.78 is 3.68. The third-order valence-corrected chi connectivity index (χ3v) is 4.54. The van der Waals surface area contributed by atoms with Crippen molar-refractivity contribution in [2.45, 2.75) is 25.8 Å². The maximum atomic E-state index is 12.2.